The van der Waals surface area contributed by atoms with Crippen LogP contribution >= 0.6 is 12.4 Å². The first-order valence-corrected chi connectivity index (χ1v) is 5.01. The summed E-state index contributed by atoms with van der Waals surface area (Å²) in [5.74, 6) is 0.167. The number of nitrogens with two attached hydrogens (primary N) is 1. The quantitative estimate of drug-likeness (QED) is 0.680. The molecule has 3 nitrogen and oxygen atoms in total. The van der Waals surface area contributed by atoms with E-state index in [4.69, 9.17) is 10.5 Å². The maximum absolute atomic E-state index is 11.3. The lowest BCUT2D eigenvalue weighted by atomic mass is 9.82. The molecular formula is C10H18ClNO2. The molecule has 0 aromatic rings. The fraction of sp³-hybridized carbons (Fsp3) is 0.900. The lowest BCUT2D eigenvalue weighted by Gasteiger charge is -2.26. The maximum atomic E-state index is 11.3. The van der Waals surface area contributed by atoms with E-state index in [-0.39, 0.29) is 24.3 Å². The molecule has 0 aromatic heterocycles. The molecule has 1 atom stereocenters. The summed E-state index contributed by atoms with van der Waals surface area (Å²) >= 11 is 0. The van der Waals surface area contributed by atoms with E-state index in [1.807, 2.05) is 0 Å². The topological polar surface area (TPSA) is 52.3 Å². The second-order valence-electron chi connectivity index (χ2n) is 4.48. The molecular weight excluding hydrogens is 202 g/mol. The molecule has 2 rings (SSSR count). The summed E-state index contributed by atoms with van der Waals surface area (Å²) in [6.45, 7) is 0. The van der Waals surface area contributed by atoms with Crippen LogP contribution in [0.1, 0.15) is 32.1 Å². The third-order valence-corrected chi connectivity index (χ3v) is 3.70. The first-order valence-electron chi connectivity index (χ1n) is 5.01. The third-order valence-electron chi connectivity index (χ3n) is 3.70. The number of ether oxygens (including phenoxy) is 1. The van der Waals surface area contributed by atoms with Crippen LogP contribution in [0.2, 0.25) is 0 Å². The van der Waals surface area contributed by atoms with Crippen LogP contribution in [0.5, 0.6) is 0 Å². The van der Waals surface area contributed by atoms with Crippen LogP contribution in [0.25, 0.3) is 0 Å². The van der Waals surface area contributed by atoms with Crippen molar-refractivity contribution in [3.63, 3.8) is 0 Å². The van der Waals surface area contributed by atoms with Crippen molar-refractivity contribution in [2.75, 3.05) is 7.11 Å². The molecule has 0 amide bonds. The SMILES string of the molecule is COC(=O)C1CC12CCC(N)CC2.Cl. The molecule has 2 aliphatic carbocycles. The number of halogens is 1. The highest BCUT2D eigenvalue weighted by Crippen LogP contribution is 2.61. The summed E-state index contributed by atoms with van der Waals surface area (Å²) in [6, 6.07) is 0.365. The molecule has 2 N–H and O–H groups in total. The average Bonchev–Trinajstić information content (AvgIpc) is 2.85. The number of hydrogen-bond donors (Lipinski definition) is 1. The van der Waals surface area contributed by atoms with Gasteiger partial charge in [-0.2, -0.15) is 0 Å². The van der Waals surface area contributed by atoms with Gasteiger partial charge in [-0.3, -0.25) is 4.79 Å². The van der Waals surface area contributed by atoms with Crippen LogP contribution < -0.4 is 5.73 Å². The summed E-state index contributed by atoms with van der Waals surface area (Å²) in [7, 11) is 1.48. The number of rotatable bonds is 1. The summed E-state index contributed by atoms with van der Waals surface area (Å²) in [4.78, 5) is 11.3. The largest absolute Gasteiger partial charge is 0.469 e. The molecule has 1 unspecified atom stereocenters. The van der Waals surface area contributed by atoms with Crippen LogP contribution in [-0.2, 0) is 9.53 Å². The Morgan fingerprint density at radius 3 is 2.50 bits per heavy atom. The highest BCUT2D eigenvalue weighted by molar-refractivity contribution is 5.85. The average molecular weight is 220 g/mol. The lowest BCUT2D eigenvalue weighted by molar-refractivity contribution is -0.143. The second kappa shape index (κ2) is 4.07. The molecule has 4 heteroatoms. The highest BCUT2D eigenvalue weighted by Gasteiger charge is 2.58. The lowest BCUT2D eigenvalue weighted by Crippen LogP contribution is -2.29. The third kappa shape index (κ3) is 1.89. The number of methoxy groups -OCH3 is 1. The van der Waals surface area contributed by atoms with E-state index in [1.54, 1.807) is 0 Å². The standard InChI is InChI=1S/C10H17NO2.ClH/c1-13-9(12)8-6-10(8)4-2-7(11)3-5-10;/h7-8H,2-6,11H2,1H3;1H. The molecule has 82 valence electrons. The second-order valence-corrected chi connectivity index (χ2v) is 4.48. The van der Waals surface area contributed by atoms with Crippen LogP contribution in [0.15, 0.2) is 0 Å². The first kappa shape index (κ1) is 11.8. The monoisotopic (exact) mass is 219 g/mol. The number of esters is 1. The van der Waals surface area contributed by atoms with E-state index in [0.717, 1.165) is 32.1 Å². The minimum atomic E-state index is -0.0181. The van der Waals surface area contributed by atoms with Crippen LogP contribution in [0.3, 0.4) is 0 Å². The van der Waals surface area contributed by atoms with Gasteiger partial charge in [-0.25, -0.2) is 0 Å². The van der Waals surface area contributed by atoms with Gasteiger partial charge in [0.1, 0.15) is 0 Å². The molecule has 2 aliphatic rings. The molecule has 14 heavy (non-hydrogen) atoms. The number of hydrogen-bond acceptors (Lipinski definition) is 3. The zero-order valence-corrected chi connectivity index (χ0v) is 9.31. The van der Waals surface area contributed by atoms with Gasteiger partial charge in [-0.1, -0.05) is 0 Å². The normalized spacial score (nSPS) is 40.1. The van der Waals surface area contributed by atoms with Gasteiger partial charge in [0.05, 0.1) is 13.0 Å². The van der Waals surface area contributed by atoms with Gasteiger partial charge in [0.2, 0.25) is 0 Å². The zero-order chi connectivity index (χ0) is 9.47. The smallest absolute Gasteiger partial charge is 0.309 e. The Kier molecular flexibility index (Phi) is 3.43. The van der Waals surface area contributed by atoms with Gasteiger partial charge in [0.15, 0.2) is 0 Å². The van der Waals surface area contributed by atoms with E-state index >= 15 is 0 Å². The zero-order valence-electron chi connectivity index (χ0n) is 8.49. The Labute approximate surface area is 90.8 Å². The fourth-order valence-corrected chi connectivity index (χ4v) is 2.59. The van der Waals surface area contributed by atoms with Gasteiger partial charge in [0, 0.05) is 6.04 Å². The Bertz CT molecular complexity index is 224. The summed E-state index contributed by atoms with van der Waals surface area (Å²) in [5.41, 5.74) is 6.12. The van der Waals surface area contributed by atoms with Gasteiger partial charge in [-0.05, 0) is 37.5 Å². The van der Waals surface area contributed by atoms with Gasteiger partial charge in [-0.15, -0.1) is 12.4 Å². The van der Waals surface area contributed by atoms with Crippen molar-refractivity contribution in [1.29, 1.82) is 0 Å². The molecule has 0 radical (unpaired) electrons. The highest BCUT2D eigenvalue weighted by atomic mass is 35.5. The van der Waals surface area contributed by atoms with E-state index in [9.17, 15) is 4.79 Å². The van der Waals surface area contributed by atoms with Crippen molar-refractivity contribution < 1.29 is 9.53 Å². The van der Waals surface area contributed by atoms with Crippen molar-refractivity contribution in [1.82, 2.24) is 0 Å². The molecule has 2 fully saturated rings. The maximum Gasteiger partial charge on any atom is 0.309 e. The molecule has 2 saturated carbocycles. The van der Waals surface area contributed by atoms with Gasteiger partial charge >= 0.3 is 5.97 Å². The number of carbonyl (C=O) groups excluding carboxylic acids is 1. The van der Waals surface area contributed by atoms with Crippen molar-refractivity contribution in [2.45, 2.75) is 38.1 Å². The molecule has 0 aliphatic heterocycles. The summed E-state index contributed by atoms with van der Waals surface area (Å²) < 4.78 is 4.76. The molecule has 0 saturated heterocycles. The van der Waals surface area contributed by atoms with E-state index in [0.29, 0.717) is 11.5 Å². The Balaban J connectivity index is 0.000000980. The van der Waals surface area contributed by atoms with Crippen molar-refractivity contribution in [2.24, 2.45) is 17.1 Å². The van der Waals surface area contributed by atoms with Crippen molar-refractivity contribution >= 4 is 18.4 Å². The Hall–Kier alpha value is -0.280. The van der Waals surface area contributed by atoms with E-state index < -0.39 is 0 Å². The Morgan fingerprint density at radius 1 is 1.43 bits per heavy atom. The van der Waals surface area contributed by atoms with Crippen LogP contribution in [0, 0.1) is 11.3 Å². The van der Waals surface area contributed by atoms with E-state index in [2.05, 4.69) is 0 Å². The summed E-state index contributed by atoms with van der Waals surface area (Å²) in [6.07, 6.45) is 5.43. The van der Waals surface area contributed by atoms with Crippen LogP contribution in [-0.4, -0.2) is 19.1 Å². The van der Waals surface area contributed by atoms with E-state index in [1.165, 1.54) is 7.11 Å². The molecule has 1 spiro atoms. The number of carbonyl (C=O) groups is 1. The van der Waals surface area contributed by atoms with Crippen molar-refractivity contribution in [3.8, 4) is 0 Å². The predicted molar refractivity (Wildman–Crippen MR) is 56.2 cm³/mol. The fourth-order valence-electron chi connectivity index (χ4n) is 2.59. The van der Waals surface area contributed by atoms with Crippen molar-refractivity contribution in [3.05, 3.63) is 0 Å². The van der Waals surface area contributed by atoms with Gasteiger partial charge < -0.3 is 10.5 Å². The minimum absolute atomic E-state index is 0. The Morgan fingerprint density at radius 2 is 2.00 bits per heavy atom. The van der Waals surface area contributed by atoms with Crippen LogP contribution in [0.4, 0.5) is 0 Å². The van der Waals surface area contributed by atoms with Gasteiger partial charge in [0.25, 0.3) is 0 Å². The minimum Gasteiger partial charge on any atom is -0.469 e. The molecule has 0 bridgehead atoms. The molecule has 0 aromatic carbocycles. The first-order chi connectivity index (χ1) is 6.18. The molecule has 0 heterocycles. The predicted octanol–water partition coefficient (Wildman–Crippen LogP) is 1.49. The summed E-state index contributed by atoms with van der Waals surface area (Å²) in [5, 5.41) is 0.